The summed E-state index contributed by atoms with van der Waals surface area (Å²) in [5, 5.41) is 11.2. The van der Waals surface area contributed by atoms with Gasteiger partial charge >= 0.3 is 12.0 Å². The molecule has 2 N–H and O–H groups in total. The molecule has 1 aliphatic rings. The fourth-order valence-electron chi connectivity index (χ4n) is 1.94. The van der Waals surface area contributed by atoms with Gasteiger partial charge in [-0.3, -0.25) is 9.69 Å². The van der Waals surface area contributed by atoms with Crippen LogP contribution in [0.5, 0.6) is 0 Å². The Morgan fingerprint density at radius 3 is 2.48 bits per heavy atom. The number of amides is 2. The molecule has 0 radical (unpaired) electrons. The summed E-state index contributed by atoms with van der Waals surface area (Å²) in [5.74, 6) is -0.834. The van der Waals surface area contributed by atoms with Crippen molar-refractivity contribution in [1.82, 2.24) is 15.1 Å². The molecular formula is C12H21F2N3O4. The van der Waals surface area contributed by atoms with Gasteiger partial charge in [-0.2, -0.15) is 0 Å². The van der Waals surface area contributed by atoms with E-state index in [4.69, 9.17) is 5.11 Å². The Balaban J connectivity index is 2.10. The van der Waals surface area contributed by atoms with E-state index in [0.29, 0.717) is 32.7 Å². The molecule has 1 saturated heterocycles. The van der Waals surface area contributed by atoms with E-state index >= 15 is 0 Å². The number of nitrogens with one attached hydrogen (secondary N) is 1. The van der Waals surface area contributed by atoms with Crippen LogP contribution < -0.4 is 5.32 Å². The van der Waals surface area contributed by atoms with Gasteiger partial charge < -0.3 is 20.1 Å². The van der Waals surface area contributed by atoms with E-state index in [1.165, 1.54) is 0 Å². The van der Waals surface area contributed by atoms with Gasteiger partial charge in [0.25, 0.3) is 6.43 Å². The molecule has 21 heavy (non-hydrogen) atoms. The highest BCUT2D eigenvalue weighted by atomic mass is 19.3. The Kier molecular flexibility index (Phi) is 7.91. The standard InChI is InChI=1S/C12H21F2N3O4/c13-10(14)9-21-8-2-15-12(20)17-6-4-16(5-7-17)3-1-11(18)19/h10H,1-9H2,(H,15,20)(H,18,19). The van der Waals surface area contributed by atoms with Gasteiger partial charge in [-0.15, -0.1) is 0 Å². The van der Waals surface area contributed by atoms with Gasteiger partial charge in [0, 0.05) is 39.3 Å². The van der Waals surface area contributed by atoms with Crippen molar-refractivity contribution in [2.45, 2.75) is 12.8 Å². The fraction of sp³-hybridized carbons (Fsp3) is 0.833. The normalized spacial score (nSPS) is 16.2. The van der Waals surface area contributed by atoms with E-state index in [9.17, 15) is 18.4 Å². The van der Waals surface area contributed by atoms with Crippen LogP contribution in [-0.2, 0) is 9.53 Å². The van der Waals surface area contributed by atoms with Crippen molar-refractivity contribution in [2.24, 2.45) is 0 Å². The van der Waals surface area contributed by atoms with E-state index in [-0.39, 0.29) is 25.6 Å². The first-order valence-electron chi connectivity index (χ1n) is 6.82. The highest BCUT2D eigenvalue weighted by Gasteiger charge is 2.20. The molecule has 0 bridgehead atoms. The van der Waals surface area contributed by atoms with Gasteiger partial charge in [0.2, 0.25) is 0 Å². The zero-order chi connectivity index (χ0) is 15.7. The maximum atomic E-state index is 11.8. The number of carboxylic acid groups (broad SMARTS) is 1. The summed E-state index contributed by atoms with van der Waals surface area (Å²) in [6, 6.07) is -0.256. The highest BCUT2D eigenvalue weighted by molar-refractivity contribution is 5.74. The molecule has 0 atom stereocenters. The zero-order valence-corrected chi connectivity index (χ0v) is 11.8. The molecule has 1 heterocycles. The number of aliphatic carboxylic acids is 1. The summed E-state index contributed by atoms with van der Waals surface area (Å²) in [6.07, 6.45) is -2.41. The number of hydrogen-bond acceptors (Lipinski definition) is 4. The lowest BCUT2D eigenvalue weighted by molar-refractivity contribution is -0.137. The van der Waals surface area contributed by atoms with Crippen LogP contribution in [0.3, 0.4) is 0 Å². The first kappa shape index (κ1) is 17.6. The van der Waals surface area contributed by atoms with E-state index in [1.807, 2.05) is 4.90 Å². The van der Waals surface area contributed by atoms with Gasteiger partial charge in [-0.25, -0.2) is 13.6 Å². The number of alkyl halides is 2. The Morgan fingerprint density at radius 1 is 1.24 bits per heavy atom. The molecule has 0 aromatic carbocycles. The lowest BCUT2D eigenvalue weighted by Crippen LogP contribution is -2.52. The van der Waals surface area contributed by atoms with Crippen LogP contribution in [0.1, 0.15) is 6.42 Å². The second-order valence-corrected chi connectivity index (χ2v) is 4.67. The minimum absolute atomic E-state index is 0.0503. The summed E-state index contributed by atoms with van der Waals surface area (Å²) in [4.78, 5) is 25.8. The average Bonchev–Trinajstić information content (AvgIpc) is 2.44. The molecular weight excluding hydrogens is 288 g/mol. The van der Waals surface area contributed by atoms with Crippen LogP contribution in [0.25, 0.3) is 0 Å². The van der Waals surface area contributed by atoms with Crippen molar-refractivity contribution < 1.29 is 28.2 Å². The predicted molar refractivity (Wildman–Crippen MR) is 70.5 cm³/mol. The van der Waals surface area contributed by atoms with E-state index in [2.05, 4.69) is 10.1 Å². The third kappa shape index (κ3) is 7.76. The minimum Gasteiger partial charge on any atom is -0.481 e. The lowest BCUT2D eigenvalue weighted by atomic mass is 10.3. The molecule has 2 amide bonds. The Bertz CT molecular complexity index is 336. The summed E-state index contributed by atoms with van der Waals surface area (Å²) < 4.78 is 28.3. The van der Waals surface area contributed by atoms with Crippen LogP contribution in [-0.4, -0.2) is 85.8 Å². The highest BCUT2D eigenvalue weighted by Crippen LogP contribution is 2.02. The molecule has 1 rings (SSSR count). The van der Waals surface area contributed by atoms with Gasteiger partial charge in [-0.05, 0) is 0 Å². The molecule has 1 fully saturated rings. The second kappa shape index (κ2) is 9.46. The SMILES string of the molecule is O=C(O)CCN1CCN(C(=O)NCCOCC(F)F)CC1. The quantitative estimate of drug-likeness (QED) is 0.620. The van der Waals surface area contributed by atoms with Crippen LogP contribution >= 0.6 is 0 Å². The van der Waals surface area contributed by atoms with Crippen molar-refractivity contribution in [2.75, 3.05) is 52.5 Å². The number of ether oxygens (including phenoxy) is 1. The number of hydrogen-bond donors (Lipinski definition) is 2. The van der Waals surface area contributed by atoms with Crippen molar-refractivity contribution in [3.63, 3.8) is 0 Å². The first-order valence-corrected chi connectivity index (χ1v) is 6.82. The molecule has 0 aromatic heterocycles. The third-order valence-corrected chi connectivity index (χ3v) is 3.07. The number of nitrogens with zero attached hydrogens (tertiary/aromatic N) is 2. The second-order valence-electron chi connectivity index (χ2n) is 4.67. The Hall–Kier alpha value is -1.48. The summed E-state index contributed by atoms with van der Waals surface area (Å²) in [6.45, 7) is 2.38. The molecule has 0 spiro atoms. The monoisotopic (exact) mass is 309 g/mol. The third-order valence-electron chi connectivity index (χ3n) is 3.07. The number of piperazine rings is 1. The van der Waals surface area contributed by atoms with E-state index in [1.54, 1.807) is 4.90 Å². The molecule has 1 aliphatic heterocycles. The molecule has 9 heteroatoms. The average molecular weight is 309 g/mol. The summed E-state index contributed by atoms with van der Waals surface area (Å²) in [7, 11) is 0. The predicted octanol–water partition coefficient (Wildman–Crippen LogP) is 0.0700. The number of rotatable bonds is 8. The van der Waals surface area contributed by atoms with Crippen LogP contribution in [0.4, 0.5) is 13.6 Å². The van der Waals surface area contributed by atoms with Crippen molar-refractivity contribution in [1.29, 1.82) is 0 Å². The lowest BCUT2D eigenvalue weighted by Gasteiger charge is -2.34. The number of halogens is 2. The number of urea groups is 1. The van der Waals surface area contributed by atoms with Gasteiger partial charge in [0.15, 0.2) is 0 Å². The first-order chi connectivity index (χ1) is 9.99. The van der Waals surface area contributed by atoms with Crippen LogP contribution in [0.2, 0.25) is 0 Å². The van der Waals surface area contributed by atoms with Crippen molar-refractivity contribution in [3.8, 4) is 0 Å². The molecule has 7 nitrogen and oxygen atoms in total. The number of carboxylic acids is 1. The van der Waals surface area contributed by atoms with Crippen molar-refractivity contribution in [3.05, 3.63) is 0 Å². The van der Waals surface area contributed by atoms with E-state index < -0.39 is 19.0 Å². The largest absolute Gasteiger partial charge is 0.481 e. The van der Waals surface area contributed by atoms with E-state index in [0.717, 1.165) is 0 Å². The number of carbonyl (C=O) groups is 2. The molecule has 0 saturated carbocycles. The molecule has 122 valence electrons. The maximum absolute atomic E-state index is 11.8. The van der Waals surface area contributed by atoms with Crippen molar-refractivity contribution >= 4 is 12.0 Å². The summed E-state index contributed by atoms with van der Waals surface area (Å²) in [5.41, 5.74) is 0. The topological polar surface area (TPSA) is 82.1 Å². The molecule has 0 unspecified atom stereocenters. The van der Waals surface area contributed by atoms with Gasteiger partial charge in [0.05, 0.1) is 13.0 Å². The van der Waals surface area contributed by atoms with Gasteiger partial charge in [0.1, 0.15) is 6.61 Å². The Labute approximate surface area is 121 Å². The fourth-order valence-corrected chi connectivity index (χ4v) is 1.94. The minimum atomic E-state index is -2.50. The Morgan fingerprint density at radius 2 is 1.90 bits per heavy atom. The van der Waals surface area contributed by atoms with Gasteiger partial charge in [-0.1, -0.05) is 0 Å². The zero-order valence-electron chi connectivity index (χ0n) is 11.8. The molecule has 0 aromatic rings. The number of carbonyl (C=O) groups excluding carboxylic acids is 1. The molecule has 0 aliphatic carbocycles. The summed E-state index contributed by atoms with van der Waals surface area (Å²) >= 11 is 0. The maximum Gasteiger partial charge on any atom is 0.317 e. The van der Waals surface area contributed by atoms with Crippen LogP contribution in [0, 0.1) is 0 Å². The van der Waals surface area contributed by atoms with Crippen LogP contribution in [0.15, 0.2) is 0 Å². The smallest absolute Gasteiger partial charge is 0.317 e.